The minimum absolute atomic E-state index is 0.0435. The van der Waals surface area contributed by atoms with Crippen LogP contribution in [0.5, 0.6) is 0 Å². The van der Waals surface area contributed by atoms with Gasteiger partial charge in [0.15, 0.2) is 0 Å². The van der Waals surface area contributed by atoms with Gasteiger partial charge in [-0.3, -0.25) is 14.5 Å². The van der Waals surface area contributed by atoms with E-state index in [1.165, 1.54) is 4.90 Å². The Morgan fingerprint density at radius 3 is 2.27 bits per heavy atom. The molecule has 1 saturated heterocycles. The van der Waals surface area contributed by atoms with Crippen molar-refractivity contribution in [1.29, 1.82) is 0 Å². The lowest BCUT2D eigenvalue weighted by molar-refractivity contribution is -0.305. The van der Waals surface area contributed by atoms with Gasteiger partial charge >= 0.3 is 0 Å². The highest BCUT2D eigenvalue weighted by molar-refractivity contribution is 6.01. The van der Waals surface area contributed by atoms with Gasteiger partial charge in [0.25, 0.3) is 0 Å². The minimum atomic E-state index is -1.05. The van der Waals surface area contributed by atoms with Crippen molar-refractivity contribution in [1.82, 2.24) is 4.90 Å². The quantitative estimate of drug-likeness (QED) is 0.437. The molecule has 0 aromatic rings. The Morgan fingerprint density at radius 2 is 1.73 bits per heavy atom. The van der Waals surface area contributed by atoms with E-state index in [-0.39, 0.29) is 18.2 Å². The maximum atomic E-state index is 11.2. The van der Waals surface area contributed by atoms with Crippen molar-refractivity contribution in [2.24, 2.45) is 0 Å². The predicted octanol–water partition coefficient (Wildman–Crippen LogP) is -0.554. The van der Waals surface area contributed by atoms with Crippen LogP contribution in [0.1, 0.15) is 38.5 Å². The first kappa shape index (κ1) is 11.7. The Labute approximate surface area is 88.1 Å². The molecule has 0 aromatic heterocycles. The van der Waals surface area contributed by atoms with Gasteiger partial charge in [-0.25, -0.2) is 0 Å². The van der Waals surface area contributed by atoms with E-state index in [2.05, 4.69) is 0 Å². The molecule has 15 heavy (non-hydrogen) atoms. The number of carboxylic acids is 1. The van der Waals surface area contributed by atoms with Crippen LogP contribution in [0.15, 0.2) is 0 Å². The summed E-state index contributed by atoms with van der Waals surface area (Å²) >= 11 is 0. The molecule has 0 N–H and O–H groups in total. The van der Waals surface area contributed by atoms with Crippen LogP contribution in [-0.2, 0) is 14.4 Å². The van der Waals surface area contributed by atoms with Crippen molar-refractivity contribution in [2.75, 3.05) is 6.54 Å². The third kappa shape index (κ3) is 3.69. The zero-order chi connectivity index (χ0) is 11.3. The second-order valence-electron chi connectivity index (χ2n) is 3.62. The van der Waals surface area contributed by atoms with E-state index in [9.17, 15) is 19.5 Å². The molecule has 0 bridgehead atoms. The summed E-state index contributed by atoms with van der Waals surface area (Å²) in [7, 11) is 0. The van der Waals surface area contributed by atoms with Crippen LogP contribution >= 0.6 is 0 Å². The summed E-state index contributed by atoms with van der Waals surface area (Å²) in [6, 6.07) is 0. The van der Waals surface area contributed by atoms with E-state index >= 15 is 0 Å². The molecule has 0 radical (unpaired) electrons. The Balaban J connectivity index is 2.12. The molecule has 0 atom stereocenters. The van der Waals surface area contributed by atoms with E-state index in [4.69, 9.17) is 0 Å². The standard InChI is InChI=1S/C10H15NO4/c12-8-5-6-9(13)11(8)7-3-1-2-4-10(14)15/h1-7H2,(H,14,15)/p-1. The van der Waals surface area contributed by atoms with Crippen molar-refractivity contribution in [3.8, 4) is 0 Å². The van der Waals surface area contributed by atoms with Gasteiger partial charge in [-0.15, -0.1) is 0 Å². The van der Waals surface area contributed by atoms with Crippen LogP contribution in [0.4, 0.5) is 0 Å². The number of hydrogen-bond donors (Lipinski definition) is 0. The largest absolute Gasteiger partial charge is 0.550 e. The lowest BCUT2D eigenvalue weighted by Gasteiger charge is -2.13. The predicted molar refractivity (Wildman–Crippen MR) is 49.4 cm³/mol. The highest BCUT2D eigenvalue weighted by Gasteiger charge is 2.27. The molecule has 1 aliphatic rings. The van der Waals surface area contributed by atoms with E-state index in [1.54, 1.807) is 0 Å². The topological polar surface area (TPSA) is 77.5 Å². The van der Waals surface area contributed by atoms with Crippen LogP contribution < -0.4 is 5.11 Å². The number of hydrogen-bond acceptors (Lipinski definition) is 4. The number of carbonyl (C=O) groups is 3. The van der Waals surface area contributed by atoms with Gasteiger partial charge in [-0.1, -0.05) is 6.42 Å². The molecule has 0 unspecified atom stereocenters. The molecule has 5 nitrogen and oxygen atoms in total. The lowest BCUT2D eigenvalue weighted by Crippen LogP contribution is -2.30. The van der Waals surface area contributed by atoms with Gasteiger partial charge in [0, 0.05) is 25.4 Å². The monoisotopic (exact) mass is 212 g/mol. The molecule has 0 spiro atoms. The minimum Gasteiger partial charge on any atom is -0.550 e. The molecule has 5 heteroatoms. The van der Waals surface area contributed by atoms with E-state index in [1.807, 2.05) is 0 Å². The Hall–Kier alpha value is -1.39. The molecule has 1 heterocycles. The summed E-state index contributed by atoms with van der Waals surface area (Å²) in [5.74, 6) is -1.27. The third-order valence-electron chi connectivity index (χ3n) is 2.42. The van der Waals surface area contributed by atoms with E-state index < -0.39 is 5.97 Å². The molecule has 84 valence electrons. The molecule has 1 rings (SSSR count). The maximum absolute atomic E-state index is 11.2. The number of carbonyl (C=O) groups excluding carboxylic acids is 3. The van der Waals surface area contributed by atoms with E-state index in [0.717, 1.165) is 0 Å². The van der Waals surface area contributed by atoms with Gasteiger partial charge in [-0.2, -0.15) is 0 Å². The van der Waals surface area contributed by atoms with E-state index in [0.29, 0.717) is 38.6 Å². The maximum Gasteiger partial charge on any atom is 0.229 e. The number of amides is 2. The number of carboxylic acid groups (broad SMARTS) is 1. The Kier molecular flexibility index (Phi) is 4.27. The van der Waals surface area contributed by atoms with Crippen molar-refractivity contribution in [3.05, 3.63) is 0 Å². The molecule has 0 aliphatic carbocycles. The molecule has 1 aliphatic heterocycles. The third-order valence-corrected chi connectivity index (χ3v) is 2.42. The first-order chi connectivity index (χ1) is 7.11. The molecule has 2 amide bonds. The summed E-state index contributed by atoms with van der Waals surface area (Å²) < 4.78 is 0. The number of nitrogens with zero attached hydrogens (tertiary/aromatic N) is 1. The van der Waals surface area contributed by atoms with Gasteiger partial charge in [0.05, 0.1) is 0 Å². The van der Waals surface area contributed by atoms with Crippen LogP contribution in [0, 0.1) is 0 Å². The summed E-state index contributed by atoms with van der Waals surface area (Å²) in [6.45, 7) is 0.421. The Morgan fingerprint density at radius 1 is 1.13 bits per heavy atom. The fourth-order valence-corrected chi connectivity index (χ4v) is 1.59. The summed E-state index contributed by atoms with van der Waals surface area (Å²) in [4.78, 5) is 33.7. The normalized spacial score (nSPS) is 16.1. The van der Waals surface area contributed by atoms with Crippen molar-refractivity contribution in [3.63, 3.8) is 0 Å². The number of imide groups is 1. The van der Waals surface area contributed by atoms with Gasteiger partial charge in [-0.05, 0) is 19.3 Å². The van der Waals surface area contributed by atoms with Gasteiger partial charge in [0.1, 0.15) is 0 Å². The Bertz CT molecular complexity index is 259. The van der Waals surface area contributed by atoms with Gasteiger partial charge in [0.2, 0.25) is 11.8 Å². The second kappa shape index (κ2) is 5.48. The summed E-state index contributed by atoms with van der Waals surface area (Å²) in [6.07, 6.45) is 2.59. The summed E-state index contributed by atoms with van der Waals surface area (Å²) in [5, 5.41) is 10.1. The summed E-state index contributed by atoms with van der Waals surface area (Å²) in [5.41, 5.74) is 0. The zero-order valence-corrected chi connectivity index (χ0v) is 8.53. The van der Waals surface area contributed by atoms with Crippen LogP contribution in [0.25, 0.3) is 0 Å². The molecular weight excluding hydrogens is 198 g/mol. The van der Waals surface area contributed by atoms with Crippen molar-refractivity contribution >= 4 is 17.8 Å². The lowest BCUT2D eigenvalue weighted by atomic mass is 10.2. The molecule has 0 saturated carbocycles. The first-order valence-corrected chi connectivity index (χ1v) is 5.14. The SMILES string of the molecule is O=C([O-])CCCCCN1C(=O)CCC1=O. The molecule has 1 fully saturated rings. The number of rotatable bonds is 6. The van der Waals surface area contributed by atoms with Crippen molar-refractivity contribution < 1.29 is 19.5 Å². The van der Waals surface area contributed by atoms with Crippen LogP contribution in [-0.4, -0.2) is 29.2 Å². The number of unbranched alkanes of at least 4 members (excludes halogenated alkanes) is 2. The highest BCUT2D eigenvalue weighted by Crippen LogP contribution is 2.13. The average molecular weight is 212 g/mol. The molecule has 0 aromatic carbocycles. The fraction of sp³-hybridized carbons (Fsp3) is 0.700. The second-order valence-corrected chi connectivity index (χ2v) is 3.62. The average Bonchev–Trinajstić information content (AvgIpc) is 2.47. The van der Waals surface area contributed by atoms with Crippen molar-refractivity contribution in [2.45, 2.75) is 38.5 Å². The zero-order valence-electron chi connectivity index (χ0n) is 8.53. The van der Waals surface area contributed by atoms with Crippen LogP contribution in [0.2, 0.25) is 0 Å². The molecular formula is C10H14NO4-. The number of likely N-dealkylation sites (tertiary alicyclic amines) is 1. The smallest absolute Gasteiger partial charge is 0.229 e. The highest BCUT2D eigenvalue weighted by atomic mass is 16.4. The number of aliphatic carboxylic acids is 1. The fourth-order valence-electron chi connectivity index (χ4n) is 1.59. The van der Waals surface area contributed by atoms with Crippen LogP contribution in [0.3, 0.4) is 0 Å². The first-order valence-electron chi connectivity index (χ1n) is 5.14. The van der Waals surface area contributed by atoms with Gasteiger partial charge < -0.3 is 9.90 Å².